The van der Waals surface area contributed by atoms with Crippen molar-refractivity contribution in [3.63, 3.8) is 0 Å². The van der Waals surface area contributed by atoms with Crippen LogP contribution in [0.4, 0.5) is 8.78 Å². The fourth-order valence-electron chi connectivity index (χ4n) is 1.88. The highest BCUT2D eigenvalue weighted by Gasteiger charge is 2.20. The molecule has 0 radical (unpaired) electrons. The number of hydrogen-bond donors (Lipinski definition) is 1. The van der Waals surface area contributed by atoms with E-state index in [2.05, 4.69) is 0 Å². The van der Waals surface area contributed by atoms with Crippen LogP contribution in [0, 0.1) is 18.6 Å². The Kier molecular flexibility index (Phi) is 4.22. The molecule has 0 saturated heterocycles. The van der Waals surface area contributed by atoms with E-state index in [1.165, 1.54) is 12.1 Å². The molecule has 100 valence electrons. The van der Waals surface area contributed by atoms with Crippen LogP contribution in [-0.2, 0) is 0 Å². The summed E-state index contributed by atoms with van der Waals surface area (Å²) in [6, 6.07) is 9.52. The Balaban J connectivity index is 2.43. The molecule has 0 aliphatic rings. The van der Waals surface area contributed by atoms with Crippen LogP contribution < -0.4 is 0 Å². The second-order valence-electron chi connectivity index (χ2n) is 4.27. The largest absolute Gasteiger partial charge is 0.383 e. The Morgan fingerprint density at radius 2 is 1.68 bits per heavy atom. The van der Waals surface area contributed by atoms with Gasteiger partial charge in [-0.15, -0.1) is 11.8 Å². The second kappa shape index (κ2) is 5.72. The van der Waals surface area contributed by atoms with Crippen molar-refractivity contribution in [2.24, 2.45) is 0 Å². The number of halogens is 2. The quantitative estimate of drug-likeness (QED) is 0.855. The Bertz CT molecular complexity index is 581. The van der Waals surface area contributed by atoms with E-state index in [1.807, 2.05) is 18.4 Å². The van der Waals surface area contributed by atoms with E-state index < -0.39 is 17.7 Å². The van der Waals surface area contributed by atoms with Crippen molar-refractivity contribution < 1.29 is 13.9 Å². The Morgan fingerprint density at radius 3 is 2.26 bits per heavy atom. The van der Waals surface area contributed by atoms with Crippen LogP contribution in [0.3, 0.4) is 0 Å². The van der Waals surface area contributed by atoms with Crippen molar-refractivity contribution in [3.8, 4) is 0 Å². The molecule has 0 saturated carbocycles. The summed E-state index contributed by atoms with van der Waals surface area (Å²) in [5.74, 6) is -1.43. The zero-order valence-corrected chi connectivity index (χ0v) is 11.5. The van der Waals surface area contributed by atoms with Crippen LogP contribution in [0.25, 0.3) is 0 Å². The first-order valence-corrected chi connectivity index (χ1v) is 7.03. The Labute approximate surface area is 115 Å². The molecule has 0 aliphatic carbocycles. The molecule has 2 aromatic carbocycles. The molecular weight excluding hydrogens is 266 g/mol. The molecule has 0 fully saturated rings. The van der Waals surface area contributed by atoms with Crippen LogP contribution in [0.5, 0.6) is 0 Å². The van der Waals surface area contributed by atoms with E-state index in [-0.39, 0.29) is 5.56 Å². The van der Waals surface area contributed by atoms with Crippen LogP contribution in [0.2, 0.25) is 0 Å². The molecule has 19 heavy (non-hydrogen) atoms. The van der Waals surface area contributed by atoms with Gasteiger partial charge >= 0.3 is 0 Å². The van der Waals surface area contributed by atoms with Gasteiger partial charge in [0.1, 0.15) is 17.7 Å². The Morgan fingerprint density at radius 1 is 1.05 bits per heavy atom. The maximum absolute atomic E-state index is 13.9. The lowest BCUT2D eigenvalue weighted by atomic mass is 9.98. The lowest BCUT2D eigenvalue weighted by Gasteiger charge is -2.15. The van der Waals surface area contributed by atoms with E-state index in [0.717, 1.165) is 4.90 Å². The maximum Gasteiger partial charge on any atom is 0.135 e. The molecule has 1 atom stereocenters. The lowest BCUT2D eigenvalue weighted by molar-refractivity contribution is 0.208. The fraction of sp³-hybridized carbons (Fsp3) is 0.200. The van der Waals surface area contributed by atoms with Crippen LogP contribution in [0.15, 0.2) is 41.3 Å². The standard InChI is InChI=1S/C15H14F2OS/c1-9-3-8-12(16)13(14(9)17)15(18)10-4-6-11(19-2)7-5-10/h3-8,15,18H,1-2H3. The first-order valence-electron chi connectivity index (χ1n) is 5.81. The molecule has 1 N–H and O–H groups in total. The first-order chi connectivity index (χ1) is 9.04. The van der Waals surface area contributed by atoms with Crippen LogP contribution in [0.1, 0.15) is 22.8 Å². The van der Waals surface area contributed by atoms with Gasteiger partial charge in [0.2, 0.25) is 0 Å². The minimum atomic E-state index is -1.30. The predicted octanol–water partition coefficient (Wildman–Crippen LogP) is 4.08. The number of aliphatic hydroxyl groups excluding tert-OH is 1. The SMILES string of the molecule is CSc1ccc(C(O)c2c(F)ccc(C)c2F)cc1. The van der Waals surface area contributed by atoms with Gasteiger partial charge in [-0.2, -0.15) is 0 Å². The number of benzene rings is 2. The van der Waals surface area contributed by atoms with Crippen molar-refractivity contribution in [1.29, 1.82) is 0 Å². The highest BCUT2D eigenvalue weighted by Crippen LogP contribution is 2.29. The van der Waals surface area contributed by atoms with Gasteiger partial charge in [0.15, 0.2) is 0 Å². The summed E-state index contributed by atoms with van der Waals surface area (Å²) in [7, 11) is 0. The number of hydrogen-bond acceptors (Lipinski definition) is 2. The average molecular weight is 280 g/mol. The van der Waals surface area contributed by atoms with E-state index in [9.17, 15) is 13.9 Å². The molecule has 4 heteroatoms. The van der Waals surface area contributed by atoms with E-state index >= 15 is 0 Å². The lowest BCUT2D eigenvalue weighted by Crippen LogP contribution is -2.07. The van der Waals surface area contributed by atoms with Crippen molar-refractivity contribution in [2.45, 2.75) is 17.9 Å². The summed E-state index contributed by atoms with van der Waals surface area (Å²) < 4.78 is 27.6. The van der Waals surface area contributed by atoms with Gasteiger partial charge in [-0.25, -0.2) is 8.78 Å². The van der Waals surface area contributed by atoms with Gasteiger partial charge in [-0.1, -0.05) is 18.2 Å². The third-order valence-electron chi connectivity index (χ3n) is 3.02. The fourth-order valence-corrected chi connectivity index (χ4v) is 2.29. The molecule has 0 amide bonds. The summed E-state index contributed by atoms with van der Waals surface area (Å²) >= 11 is 1.56. The summed E-state index contributed by atoms with van der Waals surface area (Å²) in [4.78, 5) is 1.03. The predicted molar refractivity (Wildman–Crippen MR) is 73.4 cm³/mol. The van der Waals surface area contributed by atoms with Crippen molar-refractivity contribution in [1.82, 2.24) is 0 Å². The molecule has 0 spiro atoms. The minimum Gasteiger partial charge on any atom is -0.383 e. The first kappa shape index (κ1) is 14.0. The highest BCUT2D eigenvalue weighted by molar-refractivity contribution is 7.98. The summed E-state index contributed by atoms with van der Waals surface area (Å²) in [6.07, 6.45) is 0.640. The summed E-state index contributed by atoms with van der Waals surface area (Å²) in [5.41, 5.74) is 0.495. The van der Waals surface area contributed by atoms with Crippen LogP contribution in [-0.4, -0.2) is 11.4 Å². The number of aryl methyl sites for hydroxylation is 1. The monoisotopic (exact) mass is 280 g/mol. The van der Waals surface area contributed by atoms with Gasteiger partial charge in [0, 0.05) is 4.90 Å². The molecular formula is C15H14F2OS. The van der Waals surface area contributed by atoms with Gasteiger partial charge < -0.3 is 5.11 Å². The second-order valence-corrected chi connectivity index (χ2v) is 5.15. The number of thioether (sulfide) groups is 1. The topological polar surface area (TPSA) is 20.2 Å². The van der Waals surface area contributed by atoms with E-state index in [4.69, 9.17) is 0 Å². The molecule has 0 heterocycles. The number of rotatable bonds is 3. The zero-order chi connectivity index (χ0) is 14.0. The van der Waals surface area contributed by atoms with Gasteiger partial charge in [0.05, 0.1) is 5.56 Å². The minimum absolute atomic E-state index is 0.295. The van der Waals surface area contributed by atoms with Gasteiger partial charge in [-0.3, -0.25) is 0 Å². The average Bonchev–Trinajstić information content (AvgIpc) is 2.43. The molecule has 0 aliphatic heterocycles. The summed E-state index contributed by atoms with van der Waals surface area (Å²) in [5, 5.41) is 10.2. The molecule has 1 unspecified atom stereocenters. The smallest absolute Gasteiger partial charge is 0.135 e. The molecule has 2 rings (SSSR count). The highest BCUT2D eigenvalue weighted by atomic mass is 32.2. The molecule has 0 bridgehead atoms. The zero-order valence-electron chi connectivity index (χ0n) is 10.7. The maximum atomic E-state index is 13.9. The molecule has 1 nitrogen and oxygen atoms in total. The van der Waals surface area contributed by atoms with E-state index in [1.54, 1.807) is 30.8 Å². The Hall–Kier alpha value is -1.39. The van der Waals surface area contributed by atoms with Crippen molar-refractivity contribution in [3.05, 3.63) is 64.7 Å². The third kappa shape index (κ3) is 2.80. The third-order valence-corrected chi connectivity index (χ3v) is 3.77. The normalized spacial score (nSPS) is 12.5. The van der Waals surface area contributed by atoms with Gasteiger partial charge in [0.25, 0.3) is 0 Å². The summed E-state index contributed by atoms with van der Waals surface area (Å²) in [6.45, 7) is 1.54. The molecule has 2 aromatic rings. The van der Waals surface area contributed by atoms with Crippen molar-refractivity contribution >= 4 is 11.8 Å². The van der Waals surface area contributed by atoms with Gasteiger partial charge in [-0.05, 0) is 42.5 Å². The number of aliphatic hydroxyl groups is 1. The van der Waals surface area contributed by atoms with Crippen LogP contribution >= 0.6 is 11.8 Å². The molecule has 0 aromatic heterocycles. The van der Waals surface area contributed by atoms with E-state index in [0.29, 0.717) is 11.1 Å². The van der Waals surface area contributed by atoms with Crippen molar-refractivity contribution in [2.75, 3.05) is 6.26 Å².